The molecule has 0 aliphatic carbocycles. The number of benzene rings is 3. The van der Waals surface area contributed by atoms with Crippen LogP contribution in [0.3, 0.4) is 0 Å². The van der Waals surface area contributed by atoms with Crippen molar-refractivity contribution in [2.75, 3.05) is 0 Å². The van der Waals surface area contributed by atoms with Crippen molar-refractivity contribution >= 4 is 23.8 Å². The van der Waals surface area contributed by atoms with Crippen LogP contribution in [-0.2, 0) is 0 Å². The maximum atomic E-state index is 9.99. The van der Waals surface area contributed by atoms with Gasteiger partial charge >= 0.3 is 0 Å². The Labute approximate surface area is 212 Å². The Hall–Kier alpha value is -6.50. The molecule has 3 aromatic carbocycles. The van der Waals surface area contributed by atoms with Crippen LogP contribution in [0.5, 0.6) is 0 Å². The first-order valence-electron chi connectivity index (χ1n) is 9.92. The summed E-state index contributed by atoms with van der Waals surface area (Å²) in [7, 11) is -2.09. The monoisotopic (exact) mass is 487 g/mol. The van der Waals surface area contributed by atoms with Gasteiger partial charge in [0.25, 0.3) is 0 Å². The molecule has 0 aliphatic rings. The summed E-state index contributed by atoms with van der Waals surface area (Å²) >= 11 is 0. The quantitative estimate of drug-likeness (QED) is 0.494. The summed E-state index contributed by atoms with van der Waals surface area (Å²) in [6.07, 6.45) is 0. The normalized spacial score (nSPS) is 9.08. The van der Waals surface area contributed by atoms with E-state index in [0.29, 0.717) is 0 Å². The molecule has 3 rings (SSSR count). The first-order valence-corrected chi connectivity index (χ1v) is 11.3. The third-order valence-corrected chi connectivity index (χ3v) is 7.87. The highest BCUT2D eigenvalue weighted by molar-refractivity contribution is 7.80. The number of nitrogens with zero attached hydrogens (tertiary/aromatic N) is 9. The molecular weight excluding hydrogens is 481 g/mol. The molecule has 0 radical (unpaired) electrons. The molecule has 0 heterocycles. The minimum absolute atomic E-state index is 0.0613. The molecule has 37 heavy (non-hydrogen) atoms. The van der Waals surface area contributed by atoms with Gasteiger partial charge in [-0.15, -0.1) is 0 Å². The lowest BCUT2D eigenvalue weighted by molar-refractivity contribution is 1.40. The van der Waals surface area contributed by atoms with E-state index < -0.39 is 7.92 Å². The van der Waals surface area contributed by atoms with E-state index in [-0.39, 0.29) is 66.0 Å². The van der Waals surface area contributed by atoms with Crippen LogP contribution < -0.4 is 15.9 Å². The Bertz CT molecular complexity index is 1670. The van der Waals surface area contributed by atoms with Crippen molar-refractivity contribution in [2.45, 2.75) is 0 Å². The lowest BCUT2D eigenvalue weighted by atomic mass is 10.0. The van der Waals surface area contributed by atoms with E-state index in [1.54, 1.807) is 0 Å². The lowest BCUT2D eigenvalue weighted by Gasteiger charge is -2.24. The second-order valence-electron chi connectivity index (χ2n) is 6.99. The molecule has 0 unspecified atom stereocenters. The summed E-state index contributed by atoms with van der Waals surface area (Å²) in [5, 5.41) is 87.9. The first kappa shape index (κ1) is 25.1. The van der Waals surface area contributed by atoms with E-state index >= 15 is 0 Å². The van der Waals surface area contributed by atoms with E-state index in [2.05, 4.69) is 0 Å². The van der Waals surface area contributed by atoms with Gasteiger partial charge in [-0.25, -0.2) is 0 Å². The molecule has 3 aromatic rings. The third kappa shape index (κ3) is 4.02. The minimum atomic E-state index is -2.09. The Morgan fingerprint density at radius 1 is 0.324 bits per heavy atom. The summed E-state index contributed by atoms with van der Waals surface area (Å²) in [5.74, 6) is 0. The van der Waals surface area contributed by atoms with Gasteiger partial charge < -0.3 is 0 Å². The van der Waals surface area contributed by atoms with Crippen LogP contribution in [0.4, 0.5) is 0 Å². The van der Waals surface area contributed by atoms with Crippen LogP contribution >= 0.6 is 7.92 Å². The summed E-state index contributed by atoms with van der Waals surface area (Å²) in [5.41, 5.74) is -1.35. The molecule has 0 aromatic heterocycles. The predicted molar refractivity (Wildman–Crippen MR) is 128 cm³/mol. The van der Waals surface area contributed by atoms with E-state index in [0.717, 1.165) is 0 Å². The number of rotatable bonds is 3. The molecule has 0 fully saturated rings. The molecule has 0 atom stereocenters. The highest BCUT2D eigenvalue weighted by Gasteiger charge is 2.30. The SMILES string of the molecule is N#Cc1ccc(P(c2ccc(C#N)c(C#N)c2C#N)c2ccc(C#N)c(C#N)c2C#N)c(C#N)c1C#N. The molecule has 10 heteroatoms. The van der Waals surface area contributed by atoms with Gasteiger partial charge in [0, 0.05) is 15.9 Å². The van der Waals surface area contributed by atoms with Gasteiger partial charge in [-0.05, 0) is 26.1 Å². The predicted octanol–water partition coefficient (Wildman–Crippen LogP) is 2.29. The maximum Gasteiger partial charge on any atom is 0.102 e. The molecule has 0 aliphatic heterocycles. The number of hydrogen-bond acceptors (Lipinski definition) is 9. The second kappa shape index (κ2) is 10.6. The van der Waals surface area contributed by atoms with Crippen molar-refractivity contribution in [1.82, 2.24) is 0 Å². The van der Waals surface area contributed by atoms with E-state index in [1.807, 2.05) is 54.6 Å². The zero-order valence-electron chi connectivity index (χ0n) is 18.4. The number of hydrogen-bond donors (Lipinski definition) is 0. The van der Waals surface area contributed by atoms with E-state index in [4.69, 9.17) is 0 Å². The summed E-state index contributed by atoms with van der Waals surface area (Å²) in [6.45, 7) is 0. The van der Waals surface area contributed by atoms with Gasteiger partial charge in [-0.1, -0.05) is 18.2 Å². The average molecular weight is 487 g/mol. The van der Waals surface area contributed by atoms with Crippen LogP contribution in [0, 0.1) is 102 Å². The fourth-order valence-electron chi connectivity index (χ4n) is 3.69. The first-order chi connectivity index (χ1) is 18.0. The van der Waals surface area contributed by atoms with Gasteiger partial charge in [0.1, 0.15) is 54.6 Å². The molecule has 0 bridgehead atoms. The Balaban J connectivity index is 2.65. The van der Waals surface area contributed by atoms with E-state index in [9.17, 15) is 47.4 Å². The number of nitriles is 9. The molecule has 9 nitrogen and oxygen atoms in total. The fourth-order valence-corrected chi connectivity index (χ4v) is 6.30. The molecule has 0 N–H and O–H groups in total. The van der Waals surface area contributed by atoms with Gasteiger partial charge in [-0.2, -0.15) is 47.4 Å². The summed E-state index contributed by atoms with van der Waals surface area (Å²) in [6, 6.07) is 25.1. The van der Waals surface area contributed by atoms with Gasteiger partial charge in [0.15, 0.2) is 0 Å². The topological polar surface area (TPSA) is 214 Å². The Morgan fingerprint density at radius 2 is 0.568 bits per heavy atom. The lowest BCUT2D eigenvalue weighted by Crippen LogP contribution is -2.28. The van der Waals surface area contributed by atoms with Crippen molar-refractivity contribution in [2.24, 2.45) is 0 Å². The van der Waals surface area contributed by atoms with Crippen LogP contribution in [-0.4, -0.2) is 0 Å². The van der Waals surface area contributed by atoms with Crippen LogP contribution in [0.15, 0.2) is 36.4 Å². The molecule has 0 spiro atoms. The molecule has 164 valence electrons. The third-order valence-electron chi connectivity index (χ3n) is 5.30. The smallest absolute Gasteiger partial charge is 0.102 e. The maximum absolute atomic E-state index is 9.99. The summed E-state index contributed by atoms with van der Waals surface area (Å²) < 4.78 is 0. The van der Waals surface area contributed by atoms with Crippen molar-refractivity contribution in [3.8, 4) is 54.6 Å². The Morgan fingerprint density at radius 3 is 0.757 bits per heavy atom. The molecule has 0 saturated carbocycles. The zero-order chi connectivity index (χ0) is 27.1. The standard InChI is InChI=1S/C27H6N9P/c28-7-16-1-4-25(22(13-34)19(16)10-31)37(26-5-2-17(8-29)20(11-32)23(26)14-35)27-6-3-18(9-30)21(12-33)24(27)15-36/h1-6H. The summed E-state index contributed by atoms with van der Waals surface area (Å²) in [4.78, 5) is 0. The van der Waals surface area contributed by atoms with Crippen molar-refractivity contribution in [3.05, 3.63) is 86.5 Å². The molecule has 0 saturated heterocycles. The highest BCUT2D eigenvalue weighted by Crippen LogP contribution is 2.39. The molecule has 0 amide bonds. The minimum Gasteiger partial charge on any atom is -0.192 e. The Kier molecular flexibility index (Phi) is 7.21. The highest BCUT2D eigenvalue weighted by atomic mass is 31.1. The van der Waals surface area contributed by atoms with Crippen molar-refractivity contribution < 1.29 is 0 Å². The average Bonchev–Trinajstić information content (AvgIpc) is 2.95. The van der Waals surface area contributed by atoms with Gasteiger partial charge in [-0.3, -0.25) is 0 Å². The molecular formula is C27H6N9P. The van der Waals surface area contributed by atoms with Gasteiger partial charge in [0.05, 0.1) is 50.1 Å². The second-order valence-corrected chi connectivity index (χ2v) is 9.10. The largest absolute Gasteiger partial charge is 0.192 e. The van der Waals surface area contributed by atoms with Crippen LogP contribution in [0.25, 0.3) is 0 Å². The fraction of sp³-hybridized carbons (Fsp3) is 0. The van der Waals surface area contributed by atoms with E-state index in [1.165, 1.54) is 36.4 Å². The van der Waals surface area contributed by atoms with Crippen molar-refractivity contribution in [1.29, 1.82) is 47.4 Å². The van der Waals surface area contributed by atoms with Gasteiger partial charge in [0.2, 0.25) is 0 Å². The van der Waals surface area contributed by atoms with Crippen LogP contribution in [0.1, 0.15) is 50.1 Å². The zero-order valence-corrected chi connectivity index (χ0v) is 19.3. The van der Waals surface area contributed by atoms with Crippen LogP contribution in [0.2, 0.25) is 0 Å². The van der Waals surface area contributed by atoms with Crippen molar-refractivity contribution in [3.63, 3.8) is 0 Å².